The van der Waals surface area contributed by atoms with Gasteiger partial charge in [-0.05, 0) is 35.4 Å². The predicted molar refractivity (Wildman–Crippen MR) is 159 cm³/mol. The summed E-state index contributed by atoms with van der Waals surface area (Å²) >= 11 is 0. The minimum atomic E-state index is -0.472. The minimum Gasteiger partial charge on any atom is -0.491 e. The first kappa shape index (κ1) is 34.6. The van der Waals surface area contributed by atoms with Crippen molar-refractivity contribution >= 4 is 17.8 Å². The summed E-state index contributed by atoms with van der Waals surface area (Å²) in [6.45, 7) is 6.41. The van der Waals surface area contributed by atoms with Crippen LogP contribution in [0.5, 0.6) is 5.75 Å². The fourth-order valence-corrected chi connectivity index (χ4v) is 3.32. The number of benzene rings is 2. The number of nitrogens with one attached hydrogen (secondary N) is 1. The summed E-state index contributed by atoms with van der Waals surface area (Å²) in [7, 11) is 1.91. The number of hydrogen-bond donors (Lipinski definition) is 1. The molecule has 0 aliphatic heterocycles. The molecular formula is C31H46FNO8. The summed E-state index contributed by atoms with van der Waals surface area (Å²) in [4.78, 5) is 0. The summed E-state index contributed by atoms with van der Waals surface area (Å²) in [5, 5.41) is 3.12. The van der Waals surface area contributed by atoms with Gasteiger partial charge in [0.1, 0.15) is 19.0 Å². The third-order valence-electron chi connectivity index (χ3n) is 5.50. The van der Waals surface area contributed by atoms with Crippen LogP contribution in [0.1, 0.15) is 11.1 Å². The van der Waals surface area contributed by atoms with E-state index in [1.165, 1.54) is 0 Å². The first-order chi connectivity index (χ1) is 20.3. The zero-order chi connectivity index (χ0) is 29.1. The summed E-state index contributed by atoms with van der Waals surface area (Å²) in [6, 6.07) is 16.2. The van der Waals surface area contributed by atoms with E-state index in [-0.39, 0.29) is 6.61 Å². The predicted octanol–water partition coefficient (Wildman–Crippen LogP) is 4.36. The molecule has 1 N–H and O–H groups in total. The Hall–Kier alpha value is -2.57. The molecule has 230 valence electrons. The standard InChI is InChI=1S/C31H46FNO8/c1-33-30-8-4-28(5-9-30)2-3-29-6-10-31(11-7-29)41-27-26-40-25-24-39-23-22-38-21-20-37-19-18-36-17-16-35-15-14-34-13-12-32/h2-11,33H,12-27H2,1H3. The van der Waals surface area contributed by atoms with Gasteiger partial charge in [0.2, 0.25) is 0 Å². The molecule has 2 rings (SSSR count). The van der Waals surface area contributed by atoms with E-state index in [2.05, 4.69) is 41.7 Å². The number of rotatable bonds is 27. The Morgan fingerprint density at radius 2 is 0.829 bits per heavy atom. The van der Waals surface area contributed by atoms with Gasteiger partial charge in [0.25, 0.3) is 0 Å². The van der Waals surface area contributed by atoms with Crippen molar-refractivity contribution in [2.75, 3.05) is 118 Å². The maximum Gasteiger partial charge on any atom is 0.119 e. The molecule has 9 nitrogen and oxygen atoms in total. The summed E-state index contributed by atoms with van der Waals surface area (Å²) in [6.07, 6.45) is 4.17. The van der Waals surface area contributed by atoms with Crippen molar-refractivity contribution in [1.82, 2.24) is 0 Å². The molecule has 0 saturated carbocycles. The molecule has 2 aromatic rings. The second-order valence-electron chi connectivity index (χ2n) is 8.60. The first-order valence-corrected chi connectivity index (χ1v) is 14.1. The fraction of sp³-hybridized carbons (Fsp3) is 0.548. The Bertz CT molecular complexity index is 883. The number of ether oxygens (including phenoxy) is 8. The Balaban J connectivity index is 1.31. The fourth-order valence-electron chi connectivity index (χ4n) is 3.32. The van der Waals surface area contributed by atoms with E-state index >= 15 is 0 Å². The largest absolute Gasteiger partial charge is 0.491 e. The summed E-state index contributed by atoms with van der Waals surface area (Å²) in [5.74, 6) is 0.813. The van der Waals surface area contributed by atoms with Crippen molar-refractivity contribution in [1.29, 1.82) is 0 Å². The molecular weight excluding hydrogens is 533 g/mol. The van der Waals surface area contributed by atoms with Gasteiger partial charge in [0.15, 0.2) is 0 Å². The third-order valence-corrected chi connectivity index (χ3v) is 5.50. The van der Waals surface area contributed by atoms with Crippen LogP contribution < -0.4 is 10.1 Å². The molecule has 2 aromatic carbocycles. The van der Waals surface area contributed by atoms with Crippen LogP contribution in [0.2, 0.25) is 0 Å². The van der Waals surface area contributed by atoms with Gasteiger partial charge in [0, 0.05) is 12.7 Å². The molecule has 10 heteroatoms. The maximum atomic E-state index is 11.8. The number of anilines is 1. The topological polar surface area (TPSA) is 85.9 Å². The Morgan fingerprint density at radius 1 is 0.488 bits per heavy atom. The van der Waals surface area contributed by atoms with Crippen molar-refractivity contribution in [3.05, 3.63) is 59.7 Å². The van der Waals surface area contributed by atoms with Crippen molar-refractivity contribution in [2.45, 2.75) is 0 Å². The normalized spacial score (nSPS) is 11.4. The van der Waals surface area contributed by atoms with Gasteiger partial charge in [-0.3, -0.25) is 0 Å². The Kier molecular flexibility index (Phi) is 21.3. The zero-order valence-corrected chi connectivity index (χ0v) is 24.2. The van der Waals surface area contributed by atoms with Crippen LogP contribution in [0.3, 0.4) is 0 Å². The lowest BCUT2D eigenvalue weighted by Crippen LogP contribution is -2.15. The van der Waals surface area contributed by atoms with Crippen LogP contribution in [0, 0.1) is 0 Å². The highest BCUT2D eigenvalue weighted by atomic mass is 19.1. The molecule has 0 bridgehead atoms. The number of hydrogen-bond acceptors (Lipinski definition) is 9. The lowest BCUT2D eigenvalue weighted by Gasteiger charge is -2.09. The van der Waals surface area contributed by atoms with Gasteiger partial charge in [-0.2, -0.15) is 0 Å². The summed E-state index contributed by atoms with van der Waals surface area (Å²) in [5.41, 5.74) is 3.36. The van der Waals surface area contributed by atoms with Crippen LogP contribution >= 0.6 is 0 Å². The lowest BCUT2D eigenvalue weighted by atomic mass is 10.1. The highest BCUT2D eigenvalue weighted by Gasteiger charge is 1.97. The smallest absolute Gasteiger partial charge is 0.119 e. The average molecular weight is 580 g/mol. The Morgan fingerprint density at radius 3 is 1.20 bits per heavy atom. The van der Waals surface area contributed by atoms with Crippen LogP contribution in [0.4, 0.5) is 10.1 Å². The van der Waals surface area contributed by atoms with Gasteiger partial charge < -0.3 is 43.2 Å². The zero-order valence-electron chi connectivity index (χ0n) is 24.2. The van der Waals surface area contributed by atoms with E-state index in [9.17, 15) is 4.39 Å². The SMILES string of the molecule is CNc1ccc(C=Cc2ccc(OCCOCCOCCOCCOCCOCCOCCOCCF)cc2)cc1. The molecule has 0 amide bonds. The molecule has 0 spiro atoms. The molecule has 0 radical (unpaired) electrons. The molecule has 0 atom stereocenters. The Labute approximate surface area is 243 Å². The van der Waals surface area contributed by atoms with Gasteiger partial charge in [-0.1, -0.05) is 36.4 Å². The minimum absolute atomic E-state index is 0.116. The highest BCUT2D eigenvalue weighted by molar-refractivity contribution is 5.70. The number of alkyl halides is 1. The molecule has 0 unspecified atom stereocenters. The van der Waals surface area contributed by atoms with Gasteiger partial charge in [-0.25, -0.2) is 4.39 Å². The van der Waals surface area contributed by atoms with Crippen molar-refractivity contribution in [3.8, 4) is 5.75 Å². The second-order valence-corrected chi connectivity index (χ2v) is 8.60. The van der Waals surface area contributed by atoms with Crippen LogP contribution in [-0.2, 0) is 33.2 Å². The van der Waals surface area contributed by atoms with E-state index in [4.69, 9.17) is 37.9 Å². The third kappa shape index (κ3) is 19.2. The number of halogens is 1. The molecule has 0 aliphatic rings. The molecule has 0 aromatic heterocycles. The van der Waals surface area contributed by atoms with Gasteiger partial charge in [-0.15, -0.1) is 0 Å². The van der Waals surface area contributed by atoms with Gasteiger partial charge in [0.05, 0.1) is 92.5 Å². The highest BCUT2D eigenvalue weighted by Crippen LogP contribution is 2.15. The average Bonchev–Trinajstić information content (AvgIpc) is 3.01. The van der Waals surface area contributed by atoms with Crippen LogP contribution in [-0.4, -0.2) is 113 Å². The molecule has 0 heterocycles. The van der Waals surface area contributed by atoms with E-state index in [0.717, 1.165) is 22.6 Å². The van der Waals surface area contributed by atoms with E-state index in [1.807, 2.05) is 31.3 Å². The van der Waals surface area contributed by atoms with Gasteiger partial charge >= 0.3 is 0 Å². The second kappa shape index (κ2) is 25.2. The monoisotopic (exact) mass is 579 g/mol. The van der Waals surface area contributed by atoms with E-state index < -0.39 is 6.67 Å². The maximum absolute atomic E-state index is 11.8. The van der Waals surface area contributed by atoms with Crippen LogP contribution in [0.15, 0.2) is 48.5 Å². The molecule has 0 fully saturated rings. The molecule has 41 heavy (non-hydrogen) atoms. The first-order valence-electron chi connectivity index (χ1n) is 14.1. The van der Waals surface area contributed by atoms with Crippen molar-refractivity contribution in [2.24, 2.45) is 0 Å². The van der Waals surface area contributed by atoms with Crippen molar-refractivity contribution in [3.63, 3.8) is 0 Å². The van der Waals surface area contributed by atoms with E-state index in [1.54, 1.807) is 0 Å². The van der Waals surface area contributed by atoms with Crippen molar-refractivity contribution < 1.29 is 42.3 Å². The molecule has 0 aliphatic carbocycles. The lowest BCUT2D eigenvalue weighted by molar-refractivity contribution is -0.0214. The summed E-state index contributed by atoms with van der Waals surface area (Å²) < 4.78 is 55.1. The van der Waals surface area contributed by atoms with Crippen LogP contribution in [0.25, 0.3) is 12.2 Å². The molecule has 0 saturated heterocycles. The van der Waals surface area contributed by atoms with E-state index in [0.29, 0.717) is 92.5 Å². The quantitative estimate of drug-likeness (QED) is 0.123.